The number of hydrogen-bond donors (Lipinski definition) is 2. The Balaban J connectivity index is 1.50. The molecule has 0 saturated carbocycles. The van der Waals surface area contributed by atoms with Gasteiger partial charge in [0, 0.05) is 29.0 Å². The third-order valence-electron chi connectivity index (χ3n) is 6.74. The van der Waals surface area contributed by atoms with Gasteiger partial charge in [-0.1, -0.05) is 48.0 Å². The number of halogens is 1. The Morgan fingerprint density at radius 3 is 2.59 bits per heavy atom. The van der Waals surface area contributed by atoms with E-state index in [1.165, 1.54) is 0 Å². The molecule has 2 aromatic carbocycles. The standard InChI is InChI=1S/C28H29BrN6O2/c1-5-16-8-7-9-17(6-2)23(16)32-27(36)25-20-12-10-18-15-30-28(33-24(18)26(20)35(3)34-25)31-21-14-19(29)11-13-22(21)37-4/h7-9,11,13-15H,5-6,10,12H2,1-4H3,(H,32,36)(H,30,31,33). The summed E-state index contributed by atoms with van der Waals surface area (Å²) in [7, 11) is 3.48. The van der Waals surface area contributed by atoms with Crippen LogP contribution in [0.25, 0.3) is 11.4 Å². The van der Waals surface area contributed by atoms with Gasteiger partial charge < -0.3 is 15.4 Å². The molecule has 1 aliphatic carbocycles. The van der Waals surface area contributed by atoms with E-state index < -0.39 is 0 Å². The minimum absolute atomic E-state index is 0.192. The fraction of sp³-hybridized carbons (Fsp3) is 0.286. The van der Waals surface area contributed by atoms with Gasteiger partial charge in [-0.25, -0.2) is 9.97 Å². The van der Waals surface area contributed by atoms with Gasteiger partial charge in [-0.15, -0.1) is 0 Å². The number of anilines is 3. The zero-order valence-corrected chi connectivity index (χ0v) is 22.9. The Hall–Kier alpha value is -3.72. The molecular formula is C28H29BrN6O2. The van der Waals surface area contributed by atoms with Gasteiger partial charge in [0.05, 0.1) is 24.2 Å². The molecule has 1 amide bonds. The molecule has 2 heterocycles. The van der Waals surface area contributed by atoms with Gasteiger partial charge in [0.15, 0.2) is 5.69 Å². The van der Waals surface area contributed by atoms with Crippen LogP contribution in [0.1, 0.15) is 46.6 Å². The number of nitrogens with zero attached hydrogens (tertiary/aromatic N) is 4. The van der Waals surface area contributed by atoms with E-state index in [-0.39, 0.29) is 5.91 Å². The van der Waals surface area contributed by atoms with Crippen molar-refractivity contribution in [3.63, 3.8) is 0 Å². The summed E-state index contributed by atoms with van der Waals surface area (Å²) < 4.78 is 8.14. The van der Waals surface area contributed by atoms with Crippen LogP contribution in [0.15, 0.2) is 47.1 Å². The number of carbonyl (C=O) groups excluding carboxylic acids is 1. The summed E-state index contributed by atoms with van der Waals surface area (Å²) in [5.74, 6) is 0.936. The van der Waals surface area contributed by atoms with Gasteiger partial charge in [0.1, 0.15) is 5.75 Å². The second kappa shape index (κ2) is 10.3. The van der Waals surface area contributed by atoms with Crippen LogP contribution in [0.2, 0.25) is 0 Å². The maximum absolute atomic E-state index is 13.5. The van der Waals surface area contributed by atoms with E-state index in [2.05, 4.69) is 62.6 Å². The van der Waals surface area contributed by atoms with Crippen molar-refractivity contribution in [1.29, 1.82) is 0 Å². The molecule has 8 nitrogen and oxygen atoms in total. The van der Waals surface area contributed by atoms with E-state index in [0.717, 1.165) is 68.8 Å². The number of amides is 1. The minimum atomic E-state index is -0.192. The number of aromatic nitrogens is 4. The van der Waals surface area contributed by atoms with E-state index in [9.17, 15) is 4.79 Å². The monoisotopic (exact) mass is 560 g/mol. The predicted molar refractivity (Wildman–Crippen MR) is 149 cm³/mol. The minimum Gasteiger partial charge on any atom is -0.495 e. The van der Waals surface area contributed by atoms with Crippen LogP contribution < -0.4 is 15.4 Å². The Morgan fingerprint density at radius 1 is 1.14 bits per heavy atom. The number of ether oxygens (including phenoxy) is 1. The maximum Gasteiger partial charge on any atom is 0.276 e. The molecule has 0 unspecified atom stereocenters. The highest BCUT2D eigenvalue weighted by atomic mass is 79.9. The molecule has 4 aromatic rings. The van der Waals surface area contributed by atoms with Crippen molar-refractivity contribution in [2.75, 3.05) is 17.7 Å². The summed E-state index contributed by atoms with van der Waals surface area (Å²) in [6, 6.07) is 11.9. The number of nitrogens with one attached hydrogen (secondary N) is 2. The molecule has 0 saturated heterocycles. The lowest BCUT2D eigenvalue weighted by Crippen LogP contribution is -2.18. The first-order valence-electron chi connectivity index (χ1n) is 12.4. The highest BCUT2D eigenvalue weighted by molar-refractivity contribution is 9.10. The summed E-state index contributed by atoms with van der Waals surface area (Å²) in [6.07, 6.45) is 4.96. The smallest absolute Gasteiger partial charge is 0.276 e. The third-order valence-corrected chi connectivity index (χ3v) is 7.23. The highest BCUT2D eigenvalue weighted by Gasteiger charge is 2.29. The molecule has 37 heavy (non-hydrogen) atoms. The van der Waals surface area contributed by atoms with Crippen LogP contribution in [0.3, 0.4) is 0 Å². The topological polar surface area (TPSA) is 94.0 Å². The van der Waals surface area contributed by atoms with Crippen LogP contribution in [0.5, 0.6) is 5.75 Å². The molecule has 2 N–H and O–H groups in total. The normalized spacial score (nSPS) is 12.0. The second-order valence-electron chi connectivity index (χ2n) is 8.95. The van der Waals surface area contributed by atoms with Crippen molar-refractivity contribution in [1.82, 2.24) is 19.7 Å². The molecule has 0 aliphatic heterocycles. The Labute approximate surface area is 224 Å². The molecule has 190 valence electrons. The SMILES string of the molecule is CCc1cccc(CC)c1NC(=O)c1nn(C)c2c1CCc1cnc(Nc3cc(Br)ccc3OC)nc1-2. The number of para-hydroxylation sites is 1. The largest absolute Gasteiger partial charge is 0.495 e. The van der Waals surface area contributed by atoms with E-state index >= 15 is 0 Å². The number of hydrogen-bond acceptors (Lipinski definition) is 6. The quantitative estimate of drug-likeness (QED) is 0.293. The van der Waals surface area contributed by atoms with Crippen molar-refractivity contribution in [2.24, 2.45) is 7.05 Å². The predicted octanol–water partition coefficient (Wildman–Crippen LogP) is 5.87. The molecule has 9 heteroatoms. The number of benzene rings is 2. The molecule has 2 aromatic heterocycles. The second-order valence-corrected chi connectivity index (χ2v) is 9.86. The van der Waals surface area contributed by atoms with Crippen molar-refractivity contribution in [2.45, 2.75) is 39.5 Å². The zero-order chi connectivity index (χ0) is 26.1. The average molecular weight is 561 g/mol. The fourth-order valence-electron chi connectivity index (χ4n) is 4.87. The fourth-order valence-corrected chi connectivity index (χ4v) is 5.23. The Bertz CT molecular complexity index is 1470. The van der Waals surface area contributed by atoms with Crippen LogP contribution >= 0.6 is 15.9 Å². The lowest BCUT2D eigenvalue weighted by molar-refractivity contribution is 0.102. The zero-order valence-electron chi connectivity index (χ0n) is 21.4. The lowest BCUT2D eigenvalue weighted by atomic mass is 9.93. The summed E-state index contributed by atoms with van der Waals surface area (Å²) in [5.41, 5.74) is 7.89. The maximum atomic E-state index is 13.5. The molecule has 5 rings (SSSR count). The van der Waals surface area contributed by atoms with Crippen molar-refractivity contribution >= 4 is 39.2 Å². The first-order chi connectivity index (χ1) is 17.9. The molecule has 1 aliphatic rings. The first kappa shape index (κ1) is 25.0. The molecule has 0 radical (unpaired) electrons. The van der Waals surface area contributed by atoms with Crippen LogP contribution in [0.4, 0.5) is 17.3 Å². The summed E-state index contributed by atoms with van der Waals surface area (Å²) in [6.45, 7) is 4.19. The van der Waals surface area contributed by atoms with Gasteiger partial charge in [-0.3, -0.25) is 9.48 Å². The number of fused-ring (bicyclic) bond motifs is 3. The van der Waals surface area contributed by atoms with Crippen molar-refractivity contribution in [3.05, 3.63) is 75.0 Å². The van der Waals surface area contributed by atoms with Gasteiger partial charge >= 0.3 is 0 Å². The van der Waals surface area contributed by atoms with Gasteiger partial charge in [0.25, 0.3) is 5.91 Å². The van der Waals surface area contributed by atoms with E-state index in [1.807, 2.05) is 37.5 Å². The lowest BCUT2D eigenvalue weighted by Gasteiger charge is -2.18. The first-order valence-corrected chi connectivity index (χ1v) is 13.2. The van der Waals surface area contributed by atoms with Crippen LogP contribution in [0, 0.1) is 0 Å². The number of methoxy groups -OCH3 is 1. The number of carbonyl (C=O) groups is 1. The Morgan fingerprint density at radius 2 is 1.89 bits per heavy atom. The molecule has 0 bridgehead atoms. The Kier molecular flexibility index (Phi) is 6.97. The molecule has 0 atom stereocenters. The summed E-state index contributed by atoms with van der Waals surface area (Å²) in [4.78, 5) is 22.9. The van der Waals surface area contributed by atoms with Crippen molar-refractivity contribution < 1.29 is 9.53 Å². The highest BCUT2D eigenvalue weighted by Crippen LogP contribution is 2.36. The van der Waals surface area contributed by atoms with Gasteiger partial charge in [0.2, 0.25) is 5.95 Å². The average Bonchev–Trinajstić information content (AvgIpc) is 3.25. The van der Waals surface area contributed by atoms with Crippen LogP contribution in [-0.2, 0) is 32.7 Å². The summed E-state index contributed by atoms with van der Waals surface area (Å²) >= 11 is 3.50. The van der Waals surface area contributed by atoms with Gasteiger partial charge in [-0.05, 0) is 60.6 Å². The third kappa shape index (κ3) is 4.71. The van der Waals surface area contributed by atoms with Gasteiger partial charge in [-0.2, -0.15) is 5.10 Å². The number of aryl methyl sites for hydroxylation is 4. The van der Waals surface area contributed by atoms with E-state index in [0.29, 0.717) is 23.8 Å². The molecule has 0 fully saturated rings. The molecule has 0 spiro atoms. The summed E-state index contributed by atoms with van der Waals surface area (Å²) in [5, 5.41) is 11.1. The molecular weight excluding hydrogens is 532 g/mol. The van der Waals surface area contributed by atoms with E-state index in [4.69, 9.17) is 9.72 Å². The van der Waals surface area contributed by atoms with Crippen molar-refractivity contribution in [3.8, 4) is 17.1 Å². The van der Waals surface area contributed by atoms with E-state index in [1.54, 1.807) is 11.8 Å². The van der Waals surface area contributed by atoms with Crippen LogP contribution in [-0.4, -0.2) is 32.8 Å². The number of rotatable bonds is 7.